The first-order valence-electron chi connectivity index (χ1n) is 6.71. The van der Waals surface area contributed by atoms with Crippen molar-refractivity contribution in [2.45, 2.75) is 23.0 Å². The summed E-state index contributed by atoms with van der Waals surface area (Å²) in [6.45, 7) is 1.44. The second kappa shape index (κ2) is 9.43. The number of hydrogen-bond acceptors (Lipinski definition) is 0. The molecule has 0 nitrogen and oxygen atoms in total. The van der Waals surface area contributed by atoms with Gasteiger partial charge in [0.25, 0.3) is 0 Å². The maximum absolute atomic E-state index is 12.5. The minimum absolute atomic E-state index is 0.167. The van der Waals surface area contributed by atoms with Gasteiger partial charge in [-0.2, -0.15) is 26.3 Å². The Morgan fingerprint density at radius 1 is 0.731 bits per heavy atom. The molecule has 144 valence electrons. The molecule has 0 spiro atoms. The average molecular weight is 636 g/mol. The topological polar surface area (TPSA) is 0 Å². The molecule has 2 aromatic rings. The number of benzene rings is 2. The van der Waals surface area contributed by atoms with Gasteiger partial charge in [0, 0.05) is 8.95 Å². The minimum Gasteiger partial charge on any atom is -0.166 e. The summed E-state index contributed by atoms with van der Waals surface area (Å²) in [5, 5.41) is 0. The van der Waals surface area contributed by atoms with Gasteiger partial charge in [-0.25, -0.2) is 0 Å². The van der Waals surface area contributed by atoms with Crippen LogP contribution in [0.2, 0.25) is 0 Å². The highest BCUT2D eigenvalue weighted by molar-refractivity contribution is 9.24. The van der Waals surface area contributed by atoms with Crippen LogP contribution in [0.15, 0.2) is 45.3 Å². The third-order valence-corrected chi connectivity index (χ3v) is 5.03. The van der Waals surface area contributed by atoms with E-state index in [1.807, 2.05) is 0 Å². The molecule has 0 aromatic heterocycles. The molecule has 2 aromatic carbocycles. The van der Waals surface area contributed by atoms with Crippen LogP contribution in [0.25, 0.3) is 0 Å². The average Bonchev–Trinajstić information content (AvgIpc) is 2.48. The number of rotatable bonds is 1. The Bertz CT molecular complexity index is 753. The summed E-state index contributed by atoms with van der Waals surface area (Å²) < 4.78 is 74.6. The van der Waals surface area contributed by atoms with Crippen LogP contribution in [0.4, 0.5) is 26.3 Å². The van der Waals surface area contributed by atoms with E-state index in [-0.39, 0.29) is 11.1 Å². The molecule has 0 saturated heterocycles. The normalized spacial score (nSPS) is 12.0. The van der Waals surface area contributed by atoms with Gasteiger partial charge < -0.3 is 0 Å². The number of aryl methyl sites for hydroxylation is 1. The van der Waals surface area contributed by atoms with Gasteiger partial charge in [0.15, 0.2) is 0 Å². The Kier molecular flexibility index (Phi) is 8.69. The molecule has 0 aliphatic heterocycles. The van der Waals surface area contributed by atoms with Crippen molar-refractivity contribution in [2.75, 3.05) is 0 Å². The van der Waals surface area contributed by atoms with Crippen molar-refractivity contribution in [1.82, 2.24) is 0 Å². The fraction of sp³-hybridized carbons (Fsp3) is 0.250. The Morgan fingerprint density at radius 2 is 1.15 bits per heavy atom. The molecule has 0 unspecified atom stereocenters. The van der Waals surface area contributed by atoms with E-state index in [2.05, 4.69) is 63.7 Å². The zero-order valence-corrected chi connectivity index (χ0v) is 19.2. The molecule has 0 fully saturated rings. The van der Waals surface area contributed by atoms with Gasteiger partial charge in [-0.1, -0.05) is 75.9 Å². The van der Waals surface area contributed by atoms with E-state index >= 15 is 0 Å². The Hall–Kier alpha value is -0.0600. The summed E-state index contributed by atoms with van der Waals surface area (Å²) in [6, 6.07) is 8.15. The summed E-state index contributed by atoms with van der Waals surface area (Å²) in [6.07, 6.45) is -8.59. The molecule has 0 bridgehead atoms. The predicted octanol–water partition coefficient (Wildman–Crippen LogP) is 9.03. The summed E-state index contributed by atoms with van der Waals surface area (Å²) >= 11 is 12.1. The van der Waals surface area contributed by atoms with Gasteiger partial charge in [-0.05, 0) is 42.3 Å². The second-order valence-corrected chi connectivity index (χ2v) is 9.88. The fourth-order valence-electron chi connectivity index (χ4n) is 1.86. The van der Waals surface area contributed by atoms with Gasteiger partial charge in [0.2, 0.25) is 0 Å². The first kappa shape index (κ1) is 24.0. The van der Waals surface area contributed by atoms with Gasteiger partial charge in [0.05, 0.1) is 14.9 Å². The highest BCUT2D eigenvalue weighted by Crippen LogP contribution is 2.41. The smallest absolute Gasteiger partial charge is 0.166 e. The number of hydrogen-bond donors (Lipinski definition) is 0. The number of alkyl halides is 8. The van der Waals surface area contributed by atoms with Crippen LogP contribution in [0.5, 0.6) is 0 Å². The molecule has 0 aliphatic carbocycles. The monoisotopic (exact) mass is 632 g/mol. The van der Waals surface area contributed by atoms with Crippen LogP contribution in [0, 0.1) is 6.92 Å². The molecule has 2 rings (SSSR count). The molecule has 0 heterocycles. The predicted molar refractivity (Wildman–Crippen MR) is 104 cm³/mol. The lowest BCUT2D eigenvalue weighted by Crippen LogP contribution is -2.08. The van der Waals surface area contributed by atoms with Crippen molar-refractivity contribution in [3.63, 3.8) is 0 Å². The Balaban J connectivity index is 0.000000263. The lowest BCUT2D eigenvalue weighted by atomic mass is 10.1. The van der Waals surface area contributed by atoms with Gasteiger partial charge in [-0.3, -0.25) is 0 Å². The van der Waals surface area contributed by atoms with E-state index in [0.717, 1.165) is 12.1 Å². The van der Waals surface area contributed by atoms with E-state index in [1.165, 1.54) is 19.1 Å². The zero-order chi connectivity index (χ0) is 20.3. The Labute approximate surface area is 179 Å². The molecule has 0 saturated carbocycles. The zero-order valence-electron chi connectivity index (χ0n) is 12.8. The van der Waals surface area contributed by atoms with Gasteiger partial charge in [0.1, 0.15) is 0 Å². The number of halogens is 10. The minimum atomic E-state index is -4.33. The maximum atomic E-state index is 12.5. The first-order chi connectivity index (χ1) is 11.7. The summed E-state index contributed by atoms with van der Waals surface area (Å²) in [5.41, 5.74) is -0.825. The molecule has 0 aliphatic rings. The molecule has 0 atom stereocenters. The van der Waals surface area contributed by atoms with Crippen molar-refractivity contribution in [1.29, 1.82) is 0 Å². The molecule has 0 N–H and O–H groups in total. The summed E-state index contributed by atoms with van der Waals surface area (Å²) in [4.78, 5) is 0. The van der Waals surface area contributed by atoms with E-state index in [4.69, 9.17) is 0 Å². The molecule has 10 heteroatoms. The van der Waals surface area contributed by atoms with Crippen LogP contribution < -0.4 is 0 Å². The van der Waals surface area contributed by atoms with E-state index in [1.54, 1.807) is 12.1 Å². The summed E-state index contributed by atoms with van der Waals surface area (Å²) in [5.74, 6) is 0. The van der Waals surface area contributed by atoms with Crippen LogP contribution >= 0.6 is 63.7 Å². The van der Waals surface area contributed by atoms with Crippen LogP contribution in [-0.2, 0) is 12.4 Å². The molecule has 26 heavy (non-hydrogen) atoms. The highest BCUT2D eigenvalue weighted by atomic mass is 79.9. The van der Waals surface area contributed by atoms with Crippen molar-refractivity contribution >= 4 is 63.7 Å². The molecule has 0 amide bonds. The van der Waals surface area contributed by atoms with E-state index < -0.39 is 27.2 Å². The van der Waals surface area contributed by atoms with Crippen LogP contribution in [0.1, 0.15) is 26.0 Å². The van der Waals surface area contributed by atoms with Gasteiger partial charge >= 0.3 is 12.4 Å². The molecular weight excluding hydrogens is 626 g/mol. The second-order valence-electron chi connectivity index (χ2n) is 4.99. The maximum Gasteiger partial charge on any atom is 0.416 e. The SMILES string of the molecule is Cc1ccc(Br)cc1C(F)(F)F.FC(F)(F)c1cc(Br)ccc1C(Br)Br. The largest absolute Gasteiger partial charge is 0.416 e. The van der Waals surface area contributed by atoms with E-state index in [9.17, 15) is 26.3 Å². The van der Waals surface area contributed by atoms with Crippen molar-refractivity contribution in [3.8, 4) is 0 Å². The first-order valence-corrected chi connectivity index (χ1v) is 10.1. The van der Waals surface area contributed by atoms with Crippen molar-refractivity contribution in [3.05, 3.63) is 67.6 Å². The van der Waals surface area contributed by atoms with E-state index in [0.29, 0.717) is 8.95 Å². The standard InChI is InChI=1S/C8H4Br3F3.C8H6BrF3/c9-4-1-2-5(7(10)11)6(3-4)8(12,13)14;1-5-2-3-6(9)4-7(5)8(10,11)12/h1-3,7H;2-4H,1H3. The Morgan fingerprint density at radius 3 is 1.54 bits per heavy atom. The molecule has 0 radical (unpaired) electrons. The van der Waals surface area contributed by atoms with Crippen molar-refractivity contribution < 1.29 is 26.3 Å². The quantitative estimate of drug-likeness (QED) is 0.217. The fourth-order valence-corrected chi connectivity index (χ4v) is 3.38. The van der Waals surface area contributed by atoms with Gasteiger partial charge in [-0.15, -0.1) is 0 Å². The third-order valence-electron chi connectivity index (χ3n) is 3.06. The van der Waals surface area contributed by atoms with Crippen molar-refractivity contribution in [2.24, 2.45) is 0 Å². The third kappa shape index (κ3) is 7.16. The molecular formula is C16H10Br4F6. The lowest BCUT2D eigenvalue weighted by molar-refractivity contribution is -0.138. The summed E-state index contributed by atoms with van der Waals surface area (Å²) in [7, 11) is 0. The van der Waals surface area contributed by atoms with Crippen LogP contribution in [0.3, 0.4) is 0 Å². The van der Waals surface area contributed by atoms with Crippen LogP contribution in [-0.4, -0.2) is 0 Å². The lowest BCUT2D eigenvalue weighted by Gasteiger charge is -2.13. The highest BCUT2D eigenvalue weighted by Gasteiger charge is 2.34.